The van der Waals surface area contributed by atoms with E-state index >= 15 is 0 Å². The van der Waals surface area contributed by atoms with Crippen LogP contribution in [0.4, 0.5) is 11.4 Å². The van der Waals surface area contributed by atoms with Gasteiger partial charge in [0.25, 0.3) is 15.9 Å². The summed E-state index contributed by atoms with van der Waals surface area (Å²) in [6, 6.07) is 17.9. The number of carbonyl (C=O) groups excluding carboxylic acids is 1. The van der Waals surface area contributed by atoms with Gasteiger partial charge in [0.15, 0.2) is 11.5 Å². The number of benzene rings is 3. The van der Waals surface area contributed by atoms with Crippen LogP contribution in [-0.4, -0.2) is 21.1 Å². The van der Waals surface area contributed by atoms with Crippen LogP contribution in [0.5, 0.6) is 11.5 Å². The highest BCUT2D eigenvalue weighted by Crippen LogP contribution is 2.34. The van der Waals surface area contributed by atoms with Crippen molar-refractivity contribution < 1.29 is 22.7 Å². The van der Waals surface area contributed by atoms with Crippen molar-refractivity contribution in [2.24, 2.45) is 0 Å². The molecule has 1 aliphatic rings. The fourth-order valence-electron chi connectivity index (χ4n) is 2.80. The lowest BCUT2D eigenvalue weighted by molar-refractivity contribution is 0.102. The maximum absolute atomic E-state index is 12.5. The molecule has 1 heterocycles. The van der Waals surface area contributed by atoms with E-state index in [1.807, 2.05) is 6.92 Å². The van der Waals surface area contributed by atoms with Crippen molar-refractivity contribution in [3.05, 3.63) is 77.9 Å². The van der Waals surface area contributed by atoms with Gasteiger partial charge in [-0.05, 0) is 55.5 Å². The number of hydrogen-bond donors (Lipinski definition) is 2. The molecule has 0 aromatic heterocycles. The van der Waals surface area contributed by atoms with E-state index in [-0.39, 0.29) is 17.6 Å². The lowest BCUT2D eigenvalue weighted by Crippen LogP contribution is -2.14. The van der Waals surface area contributed by atoms with Crippen molar-refractivity contribution in [1.29, 1.82) is 0 Å². The molecule has 29 heavy (non-hydrogen) atoms. The highest BCUT2D eigenvalue weighted by molar-refractivity contribution is 7.92. The van der Waals surface area contributed by atoms with Crippen LogP contribution in [0.15, 0.2) is 71.6 Å². The zero-order valence-corrected chi connectivity index (χ0v) is 16.3. The molecule has 0 aliphatic carbocycles. The molecule has 0 unspecified atom stereocenters. The van der Waals surface area contributed by atoms with Crippen molar-refractivity contribution in [2.75, 3.05) is 16.8 Å². The van der Waals surface area contributed by atoms with E-state index in [1.165, 1.54) is 0 Å². The second-order valence-electron chi connectivity index (χ2n) is 6.52. The molecule has 148 valence electrons. The van der Waals surface area contributed by atoms with Gasteiger partial charge in [-0.1, -0.05) is 17.7 Å². The molecule has 0 atom stereocenters. The molecule has 0 saturated carbocycles. The molecule has 1 aliphatic heterocycles. The van der Waals surface area contributed by atoms with Crippen molar-refractivity contribution in [3.63, 3.8) is 0 Å². The standard InChI is InChI=1S/C21H18N2O5S/c1-14-2-9-18(10-3-14)29(25,26)23-16-6-4-15(5-7-16)21(24)22-17-8-11-19-20(12-17)28-13-27-19/h2-12,23H,13H2,1H3,(H,22,24). The smallest absolute Gasteiger partial charge is 0.261 e. The van der Waals surface area contributed by atoms with E-state index in [0.29, 0.717) is 28.4 Å². The number of carbonyl (C=O) groups is 1. The Morgan fingerprint density at radius 2 is 1.52 bits per heavy atom. The van der Waals surface area contributed by atoms with Gasteiger partial charge in [0.05, 0.1) is 4.90 Å². The molecule has 8 heteroatoms. The first-order chi connectivity index (χ1) is 13.9. The molecule has 0 radical (unpaired) electrons. The number of rotatable bonds is 5. The summed E-state index contributed by atoms with van der Waals surface area (Å²) in [6.45, 7) is 2.05. The Balaban J connectivity index is 1.44. The predicted octanol–water partition coefficient (Wildman–Crippen LogP) is 3.78. The lowest BCUT2D eigenvalue weighted by Gasteiger charge is -2.10. The Morgan fingerprint density at radius 3 is 2.24 bits per heavy atom. The summed E-state index contributed by atoms with van der Waals surface area (Å²) < 4.78 is 38.0. The quantitative estimate of drug-likeness (QED) is 0.668. The van der Waals surface area contributed by atoms with E-state index in [2.05, 4.69) is 10.0 Å². The fourth-order valence-corrected chi connectivity index (χ4v) is 3.86. The minimum absolute atomic E-state index is 0.159. The van der Waals surface area contributed by atoms with Crippen molar-refractivity contribution in [1.82, 2.24) is 0 Å². The maximum atomic E-state index is 12.5. The van der Waals surface area contributed by atoms with E-state index in [0.717, 1.165) is 5.56 Å². The Labute approximate surface area is 168 Å². The fraction of sp³-hybridized carbons (Fsp3) is 0.0952. The lowest BCUT2D eigenvalue weighted by atomic mass is 10.2. The van der Waals surface area contributed by atoms with Gasteiger partial charge < -0.3 is 14.8 Å². The molecule has 7 nitrogen and oxygen atoms in total. The minimum atomic E-state index is -3.69. The van der Waals surface area contributed by atoms with Gasteiger partial charge in [-0.3, -0.25) is 9.52 Å². The maximum Gasteiger partial charge on any atom is 0.261 e. The first kappa shape index (κ1) is 18.8. The third-order valence-corrected chi connectivity index (χ3v) is 5.76. The van der Waals surface area contributed by atoms with Crippen LogP contribution in [-0.2, 0) is 10.0 Å². The highest BCUT2D eigenvalue weighted by atomic mass is 32.2. The normalized spacial score (nSPS) is 12.4. The molecule has 2 N–H and O–H groups in total. The monoisotopic (exact) mass is 410 g/mol. The van der Waals surface area contributed by atoms with Crippen LogP contribution < -0.4 is 19.5 Å². The van der Waals surface area contributed by atoms with E-state index < -0.39 is 10.0 Å². The Hall–Kier alpha value is -3.52. The average molecular weight is 410 g/mol. The first-order valence-corrected chi connectivity index (χ1v) is 10.3. The average Bonchev–Trinajstić information content (AvgIpc) is 3.16. The van der Waals surface area contributed by atoms with E-state index in [4.69, 9.17) is 9.47 Å². The number of ether oxygens (including phenoxy) is 2. The largest absolute Gasteiger partial charge is 0.454 e. The predicted molar refractivity (Wildman–Crippen MR) is 109 cm³/mol. The van der Waals surface area contributed by atoms with Crippen molar-refractivity contribution in [3.8, 4) is 11.5 Å². The molecule has 3 aromatic carbocycles. The number of amides is 1. The summed E-state index contributed by atoms with van der Waals surface area (Å²) >= 11 is 0. The second kappa shape index (κ2) is 7.48. The van der Waals surface area contributed by atoms with Crippen LogP contribution in [0.25, 0.3) is 0 Å². The van der Waals surface area contributed by atoms with Gasteiger partial charge in [-0.15, -0.1) is 0 Å². The molecular formula is C21H18N2O5S. The van der Waals surface area contributed by atoms with Gasteiger partial charge in [-0.25, -0.2) is 8.42 Å². The highest BCUT2D eigenvalue weighted by Gasteiger charge is 2.16. The topological polar surface area (TPSA) is 93.7 Å². The molecule has 1 amide bonds. The van der Waals surface area contributed by atoms with E-state index in [9.17, 15) is 13.2 Å². The molecule has 0 saturated heterocycles. The summed E-state index contributed by atoms with van der Waals surface area (Å²) in [5.41, 5.74) is 2.30. The SMILES string of the molecule is Cc1ccc(S(=O)(=O)Nc2ccc(C(=O)Nc3ccc4c(c3)OCO4)cc2)cc1. The van der Waals surface area contributed by atoms with Gasteiger partial charge in [-0.2, -0.15) is 0 Å². The molecule has 0 bridgehead atoms. The van der Waals surface area contributed by atoms with Crippen LogP contribution in [0.1, 0.15) is 15.9 Å². The van der Waals surface area contributed by atoms with E-state index in [1.54, 1.807) is 66.7 Å². The number of hydrogen-bond acceptors (Lipinski definition) is 5. The Kier molecular flexibility index (Phi) is 4.85. The number of nitrogens with one attached hydrogen (secondary N) is 2. The van der Waals surface area contributed by atoms with Crippen LogP contribution in [0.3, 0.4) is 0 Å². The van der Waals surface area contributed by atoms with Gasteiger partial charge in [0, 0.05) is 23.0 Å². The molecular weight excluding hydrogens is 392 g/mol. The number of anilines is 2. The number of sulfonamides is 1. The molecule has 3 aromatic rings. The zero-order chi connectivity index (χ0) is 20.4. The van der Waals surface area contributed by atoms with Gasteiger partial charge >= 0.3 is 0 Å². The van der Waals surface area contributed by atoms with Crippen molar-refractivity contribution in [2.45, 2.75) is 11.8 Å². The van der Waals surface area contributed by atoms with Crippen LogP contribution in [0, 0.1) is 6.92 Å². The van der Waals surface area contributed by atoms with Crippen molar-refractivity contribution >= 4 is 27.3 Å². The third-order valence-electron chi connectivity index (χ3n) is 4.36. The Bertz CT molecular complexity index is 1160. The number of fused-ring (bicyclic) bond motifs is 1. The third kappa shape index (κ3) is 4.17. The first-order valence-electron chi connectivity index (χ1n) is 8.81. The van der Waals surface area contributed by atoms with Crippen LogP contribution >= 0.6 is 0 Å². The minimum Gasteiger partial charge on any atom is -0.454 e. The van der Waals surface area contributed by atoms with Crippen LogP contribution in [0.2, 0.25) is 0 Å². The summed E-state index contributed by atoms with van der Waals surface area (Å²) in [5, 5.41) is 2.77. The Morgan fingerprint density at radius 1 is 0.862 bits per heavy atom. The van der Waals surface area contributed by atoms with Gasteiger partial charge in [0.1, 0.15) is 0 Å². The summed E-state index contributed by atoms with van der Waals surface area (Å²) in [7, 11) is -3.69. The molecule has 0 spiro atoms. The molecule has 0 fully saturated rings. The summed E-state index contributed by atoms with van der Waals surface area (Å²) in [6.07, 6.45) is 0. The summed E-state index contributed by atoms with van der Waals surface area (Å²) in [4.78, 5) is 12.6. The summed E-state index contributed by atoms with van der Waals surface area (Å²) in [5.74, 6) is 0.883. The molecule has 4 rings (SSSR count). The van der Waals surface area contributed by atoms with Gasteiger partial charge in [0.2, 0.25) is 6.79 Å². The second-order valence-corrected chi connectivity index (χ2v) is 8.20. The number of aryl methyl sites for hydroxylation is 1. The zero-order valence-electron chi connectivity index (χ0n) is 15.5.